The molecule has 0 saturated heterocycles. The van der Waals surface area contributed by atoms with Crippen molar-refractivity contribution in [2.45, 2.75) is 44.0 Å². The van der Waals surface area contributed by atoms with Gasteiger partial charge in [-0.1, -0.05) is 36.9 Å². The van der Waals surface area contributed by atoms with E-state index in [2.05, 4.69) is 47.3 Å². The van der Waals surface area contributed by atoms with Gasteiger partial charge in [-0.15, -0.1) is 11.3 Å². The standard InChI is InChI=1S/C25H27FN4OS2/c1-5-10-30-21-12-19(26)17(11-18(21)16(2)13-25(30,3)4)14-27-29-23(31)15-32-24-28-20-8-6-7-9-22(20)33-24/h6-9,11-14H,5,10,15H2,1-4H3,(H,29,31)/b27-14+. The average Bonchev–Trinajstić information content (AvgIpc) is 3.19. The third-order valence-electron chi connectivity index (χ3n) is 5.54. The highest BCUT2D eigenvalue weighted by Gasteiger charge is 2.31. The summed E-state index contributed by atoms with van der Waals surface area (Å²) in [5.41, 5.74) is 6.58. The van der Waals surface area contributed by atoms with E-state index in [0.29, 0.717) is 5.56 Å². The summed E-state index contributed by atoms with van der Waals surface area (Å²) in [6.45, 7) is 9.30. The molecule has 33 heavy (non-hydrogen) atoms. The topological polar surface area (TPSA) is 57.6 Å². The number of anilines is 1. The molecule has 4 rings (SSSR count). The van der Waals surface area contributed by atoms with E-state index in [1.807, 2.05) is 31.2 Å². The summed E-state index contributed by atoms with van der Waals surface area (Å²) in [5, 5.41) is 3.99. The van der Waals surface area contributed by atoms with Crippen LogP contribution in [0.15, 0.2) is 51.9 Å². The summed E-state index contributed by atoms with van der Waals surface area (Å²) < 4.78 is 16.8. The molecule has 8 heteroatoms. The van der Waals surface area contributed by atoms with Crippen LogP contribution in [0.5, 0.6) is 0 Å². The number of aromatic nitrogens is 1. The SMILES string of the molecule is CCCN1c2cc(F)c(/C=N/NC(=O)CSc3nc4ccccc4s3)cc2C(C)=CC1(C)C. The second kappa shape index (κ2) is 9.65. The summed E-state index contributed by atoms with van der Waals surface area (Å²) in [6, 6.07) is 11.3. The van der Waals surface area contributed by atoms with Crippen molar-refractivity contribution in [2.24, 2.45) is 5.10 Å². The number of halogens is 1. The van der Waals surface area contributed by atoms with Gasteiger partial charge < -0.3 is 4.90 Å². The van der Waals surface area contributed by atoms with E-state index in [0.717, 1.165) is 44.3 Å². The number of hydrogen-bond acceptors (Lipinski definition) is 6. The highest BCUT2D eigenvalue weighted by Crippen LogP contribution is 2.40. The Labute approximate surface area is 201 Å². The van der Waals surface area contributed by atoms with Crippen LogP contribution in [-0.4, -0.2) is 34.9 Å². The van der Waals surface area contributed by atoms with Gasteiger partial charge in [0.15, 0.2) is 4.34 Å². The molecule has 0 atom stereocenters. The van der Waals surface area contributed by atoms with Crippen LogP contribution in [0.1, 0.15) is 45.2 Å². The van der Waals surface area contributed by atoms with Crippen molar-refractivity contribution < 1.29 is 9.18 Å². The van der Waals surface area contributed by atoms with E-state index in [1.165, 1.54) is 18.0 Å². The Hall–Kier alpha value is -2.71. The van der Waals surface area contributed by atoms with Gasteiger partial charge in [-0.25, -0.2) is 14.8 Å². The zero-order valence-corrected chi connectivity index (χ0v) is 20.8. The number of para-hydroxylation sites is 1. The van der Waals surface area contributed by atoms with E-state index in [1.54, 1.807) is 23.5 Å². The predicted octanol–water partition coefficient (Wildman–Crippen LogP) is 6.09. The Bertz CT molecular complexity index is 1220. The first-order valence-electron chi connectivity index (χ1n) is 10.9. The fraction of sp³-hybridized carbons (Fsp3) is 0.320. The number of carbonyl (C=O) groups excluding carboxylic acids is 1. The van der Waals surface area contributed by atoms with Gasteiger partial charge in [0.2, 0.25) is 0 Å². The van der Waals surface area contributed by atoms with Crippen LogP contribution in [0.3, 0.4) is 0 Å². The Morgan fingerprint density at radius 1 is 1.33 bits per heavy atom. The first-order chi connectivity index (χ1) is 15.8. The normalized spacial score (nSPS) is 15.1. The maximum absolute atomic E-state index is 14.9. The number of fused-ring (bicyclic) bond motifs is 2. The van der Waals surface area contributed by atoms with Gasteiger partial charge in [0.05, 0.1) is 27.7 Å². The number of rotatable bonds is 7. The molecule has 0 fully saturated rings. The summed E-state index contributed by atoms with van der Waals surface area (Å²) in [7, 11) is 0. The highest BCUT2D eigenvalue weighted by atomic mass is 32.2. The number of thiazole rings is 1. The summed E-state index contributed by atoms with van der Waals surface area (Å²) in [5.74, 6) is -0.435. The van der Waals surface area contributed by atoms with Gasteiger partial charge in [0, 0.05) is 23.4 Å². The summed E-state index contributed by atoms with van der Waals surface area (Å²) in [6.07, 6.45) is 4.56. The quantitative estimate of drug-likeness (QED) is 0.252. The number of hydrazone groups is 1. The van der Waals surface area contributed by atoms with Crippen molar-refractivity contribution in [1.29, 1.82) is 0 Å². The lowest BCUT2D eigenvalue weighted by atomic mass is 9.88. The van der Waals surface area contributed by atoms with Crippen LogP contribution >= 0.6 is 23.1 Å². The molecule has 1 aromatic heterocycles. The van der Waals surface area contributed by atoms with Gasteiger partial charge in [-0.2, -0.15) is 5.10 Å². The van der Waals surface area contributed by atoms with Crippen LogP contribution in [0, 0.1) is 5.82 Å². The number of hydrogen-bond donors (Lipinski definition) is 1. The Morgan fingerprint density at radius 3 is 2.88 bits per heavy atom. The van der Waals surface area contributed by atoms with E-state index in [-0.39, 0.29) is 23.0 Å². The van der Waals surface area contributed by atoms with Gasteiger partial charge in [-0.3, -0.25) is 4.79 Å². The molecule has 0 spiro atoms. The number of benzene rings is 2. The van der Waals surface area contributed by atoms with Gasteiger partial charge >= 0.3 is 0 Å². The molecule has 3 aromatic rings. The molecule has 2 heterocycles. The van der Waals surface area contributed by atoms with E-state index in [4.69, 9.17) is 0 Å². The monoisotopic (exact) mass is 482 g/mol. The van der Waals surface area contributed by atoms with E-state index in [9.17, 15) is 9.18 Å². The van der Waals surface area contributed by atoms with Gasteiger partial charge in [0.1, 0.15) is 5.82 Å². The minimum Gasteiger partial charge on any atom is -0.362 e. The molecule has 0 unspecified atom stereocenters. The third-order valence-corrected chi connectivity index (χ3v) is 7.72. The summed E-state index contributed by atoms with van der Waals surface area (Å²) in [4.78, 5) is 18.9. The van der Waals surface area contributed by atoms with Crippen LogP contribution < -0.4 is 10.3 Å². The van der Waals surface area contributed by atoms with Crippen LogP contribution in [0.2, 0.25) is 0 Å². The number of amides is 1. The molecule has 172 valence electrons. The second-order valence-corrected chi connectivity index (χ2v) is 10.8. The molecule has 0 bridgehead atoms. The maximum Gasteiger partial charge on any atom is 0.250 e. The molecule has 1 amide bonds. The molecular weight excluding hydrogens is 455 g/mol. The van der Waals surface area contributed by atoms with Crippen LogP contribution in [0.25, 0.3) is 15.8 Å². The Balaban J connectivity index is 1.43. The molecule has 1 N–H and O–H groups in total. The molecule has 2 aromatic carbocycles. The predicted molar refractivity (Wildman–Crippen MR) is 138 cm³/mol. The minimum absolute atomic E-state index is 0.177. The second-order valence-electron chi connectivity index (χ2n) is 8.55. The van der Waals surface area contributed by atoms with Crippen LogP contribution in [-0.2, 0) is 4.79 Å². The maximum atomic E-state index is 14.9. The van der Waals surface area contributed by atoms with Gasteiger partial charge in [0.25, 0.3) is 5.91 Å². The van der Waals surface area contributed by atoms with Crippen molar-refractivity contribution in [3.8, 4) is 0 Å². The molecule has 1 aliphatic rings. The number of nitrogens with one attached hydrogen (secondary N) is 1. The molecule has 1 aliphatic heterocycles. The summed E-state index contributed by atoms with van der Waals surface area (Å²) >= 11 is 2.91. The van der Waals surface area contributed by atoms with Crippen molar-refractivity contribution in [3.05, 3.63) is 59.4 Å². The van der Waals surface area contributed by atoms with Crippen molar-refractivity contribution in [1.82, 2.24) is 10.4 Å². The zero-order chi connectivity index (χ0) is 23.6. The fourth-order valence-corrected chi connectivity index (χ4v) is 5.95. The average molecular weight is 483 g/mol. The molecule has 0 radical (unpaired) electrons. The van der Waals surface area contributed by atoms with Gasteiger partial charge in [-0.05, 0) is 57.0 Å². The van der Waals surface area contributed by atoms with Crippen molar-refractivity contribution >= 4 is 56.7 Å². The molecule has 5 nitrogen and oxygen atoms in total. The van der Waals surface area contributed by atoms with Crippen molar-refractivity contribution in [2.75, 3.05) is 17.2 Å². The van der Waals surface area contributed by atoms with Crippen molar-refractivity contribution in [3.63, 3.8) is 0 Å². The fourth-order valence-electron chi connectivity index (χ4n) is 4.09. The lowest BCUT2D eigenvalue weighted by molar-refractivity contribution is -0.118. The number of allylic oxidation sites excluding steroid dienone is 1. The number of carbonyl (C=O) groups is 1. The van der Waals surface area contributed by atoms with Crippen LogP contribution in [0.4, 0.5) is 10.1 Å². The molecule has 0 saturated carbocycles. The Morgan fingerprint density at radius 2 is 2.12 bits per heavy atom. The smallest absolute Gasteiger partial charge is 0.250 e. The molecular formula is C25H27FN4OS2. The lowest BCUT2D eigenvalue weighted by Gasteiger charge is -2.43. The Kier molecular flexibility index (Phi) is 6.86. The molecule has 0 aliphatic carbocycles. The van der Waals surface area contributed by atoms with E-state index >= 15 is 0 Å². The lowest BCUT2D eigenvalue weighted by Crippen LogP contribution is -2.45. The third kappa shape index (κ3) is 5.12. The minimum atomic E-state index is -0.359. The number of thioether (sulfide) groups is 1. The largest absolute Gasteiger partial charge is 0.362 e. The highest BCUT2D eigenvalue weighted by molar-refractivity contribution is 8.01. The zero-order valence-electron chi connectivity index (χ0n) is 19.2. The first-order valence-corrected chi connectivity index (χ1v) is 12.7. The van der Waals surface area contributed by atoms with E-state index < -0.39 is 0 Å². The first kappa shape index (κ1) is 23.4. The number of nitrogens with zero attached hydrogens (tertiary/aromatic N) is 3.